The number of benzene rings is 2. The Morgan fingerprint density at radius 3 is 2.61 bits per heavy atom. The number of rotatable bonds is 3. The van der Waals surface area contributed by atoms with Gasteiger partial charge in [-0.25, -0.2) is 0 Å². The Bertz CT molecular complexity index is 792. The lowest BCUT2D eigenvalue weighted by Gasteiger charge is -2.10. The third-order valence-electron chi connectivity index (χ3n) is 3.05. The number of amides is 1. The summed E-state index contributed by atoms with van der Waals surface area (Å²) in [7, 11) is 0. The summed E-state index contributed by atoms with van der Waals surface area (Å²) >= 11 is 4.99. The van der Waals surface area contributed by atoms with E-state index in [0.717, 1.165) is 0 Å². The first kappa shape index (κ1) is 16.4. The molecule has 0 bridgehead atoms. The molecular weight excluding hydrogens is 318 g/mol. The fraction of sp³-hybridized carbons (Fsp3) is 0.0667. The summed E-state index contributed by atoms with van der Waals surface area (Å²) in [5.41, 5.74) is 0.773. The summed E-state index contributed by atoms with van der Waals surface area (Å²) in [5, 5.41) is 25.6. The third-order valence-corrected chi connectivity index (χ3v) is 3.25. The highest BCUT2D eigenvalue weighted by atomic mass is 32.1. The van der Waals surface area contributed by atoms with Gasteiger partial charge in [-0.3, -0.25) is 20.2 Å². The van der Waals surface area contributed by atoms with Crippen molar-refractivity contribution >= 4 is 34.6 Å². The number of phenolic OH excluding ortho intramolecular Hbond substituents is 1. The lowest BCUT2D eigenvalue weighted by atomic mass is 10.1. The average molecular weight is 331 g/mol. The molecule has 7 nitrogen and oxygen atoms in total. The van der Waals surface area contributed by atoms with E-state index in [1.54, 1.807) is 25.1 Å². The number of carbonyl (C=O) groups excluding carboxylic acids is 1. The van der Waals surface area contributed by atoms with Crippen molar-refractivity contribution in [2.75, 3.05) is 5.32 Å². The molecule has 0 aromatic heterocycles. The summed E-state index contributed by atoms with van der Waals surface area (Å²) in [5.74, 6) is -0.601. The average Bonchev–Trinajstić information content (AvgIpc) is 2.49. The summed E-state index contributed by atoms with van der Waals surface area (Å²) in [4.78, 5) is 22.4. The molecule has 0 aliphatic carbocycles. The zero-order valence-corrected chi connectivity index (χ0v) is 12.9. The fourth-order valence-corrected chi connectivity index (χ4v) is 2.06. The quantitative estimate of drug-likeness (QED) is 0.346. The van der Waals surface area contributed by atoms with Gasteiger partial charge in [0.25, 0.3) is 11.6 Å². The highest BCUT2D eigenvalue weighted by Crippen LogP contribution is 2.21. The fourth-order valence-electron chi connectivity index (χ4n) is 1.86. The highest BCUT2D eigenvalue weighted by Gasteiger charge is 2.16. The van der Waals surface area contributed by atoms with E-state index in [2.05, 4.69) is 10.6 Å². The Labute approximate surface area is 137 Å². The van der Waals surface area contributed by atoms with Crippen LogP contribution in [0.15, 0.2) is 42.5 Å². The number of thiocarbonyl (C=S) groups is 1. The zero-order valence-electron chi connectivity index (χ0n) is 12.1. The number of nitro benzene ring substituents is 1. The summed E-state index contributed by atoms with van der Waals surface area (Å²) in [6.45, 7) is 1.59. The predicted octanol–water partition coefficient (Wildman–Crippen LogP) is 2.74. The van der Waals surface area contributed by atoms with Crippen LogP contribution in [0.25, 0.3) is 0 Å². The van der Waals surface area contributed by atoms with Gasteiger partial charge in [-0.2, -0.15) is 0 Å². The van der Waals surface area contributed by atoms with Crippen LogP contribution < -0.4 is 10.6 Å². The molecule has 118 valence electrons. The van der Waals surface area contributed by atoms with Crippen LogP contribution in [0.1, 0.15) is 15.9 Å². The normalized spacial score (nSPS) is 9.96. The van der Waals surface area contributed by atoms with Crippen LogP contribution in [0.3, 0.4) is 0 Å². The largest absolute Gasteiger partial charge is 0.506 e. The number of phenols is 1. The van der Waals surface area contributed by atoms with E-state index in [1.807, 2.05) is 0 Å². The van der Waals surface area contributed by atoms with E-state index in [9.17, 15) is 20.0 Å². The zero-order chi connectivity index (χ0) is 17.0. The van der Waals surface area contributed by atoms with Gasteiger partial charge in [0, 0.05) is 17.2 Å². The Hall–Kier alpha value is -3.00. The Kier molecular flexibility index (Phi) is 4.87. The summed E-state index contributed by atoms with van der Waals surface area (Å²) < 4.78 is 0. The maximum Gasteiger partial charge on any atom is 0.273 e. The van der Waals surface area contributed by atoms with Crippen LogP contribution >= 0.6 is 12.2 Å². The standard InChI is InChI=1S/C15H13N3O4S/c1-9-6-7-10(8-12(9)18(21)22)14(20)17-15(23)16-11-4-2-3-5-13(11)19/h2-8,19H,1H3,(H2,16,17,20,23). The molecule has 0 spiro atoms. The van der Waals surface area contributed by atoms with Crippen LogP contribution in [0.5, 0.6) is 5.75 Å². The Morgan fingerprint density at radius 2 is 1.96 bits per heavy atom. The number of nitro groups is 1. The van der Waals surface area contributed by atoms with Crippen molar-refractivity contribution in [2.45, 2.75) is 6.92 Å². The number of carbonyl (C=O) groups is 1. The van der Waals surface area contributed by atoms with Crippen molar-refractivity contribution in [3.8, 4) is 5.75 Å². The molecule has 0 radical (unpaired) electrons. The molecular formula is C15H13N3O4S. The Balaban J connectivity index is 2.10. The van der Waals surface area contributed by atoms with E-state index in [1.165, 1.54) is 24.3 Å². The number of aryl methyl sites for hydroxylation is 1. The lowest BCUT2D eigenvalue weighted by molar-refractivity contribution is -0.385. The topological polar surface area (TPSA) is 104 Å². The second-order valence-electron chi connectivity index (χ2n) is 4.68. The number of nitrogens with zero attached hydrogens (tertiary/aromatic N) is 1. The molecule has 3 N–H and O–H groups in total. The van der Waals surface area contributed by atoms with Crippen LogP contribution in [-0.4, -0.2) is 21.0 Å². The number of aromatic hydroxyl groups is 1. The minimum atomic E-state index is -0.582. The first-order valence-electron chi connectivity index (χ1n) is 6.54. The predicted molar refractivity (Wildman–Crippen MR) is 89.6 cm³/mol. The molecule has 1 amide bonds. The molecule has 2 rings (SSSR count). The molecule has 0 unspecified atom stereocenters. The third kappa shape index (κ3) is 4.01. The molecule has 23 heavy (non-hydrogen) atoms. The number of nitrogens with one attached hydrogen (secondary N) is 2. The number of hydrogen-bond donors (Lipinski definition) is 3. The Morgan fingerprint density at radius 1 is 1.26 bits per heavy atom. The highest BCUT2D eigenvalue weighted by molar-refractivity contribution is 7.80. The molecule has 0 saturated heterocycles. The van der Waals surface area contributed by atoms with Gasteiger partial charge in [-0.15, -0.1) is 0 Å². The molecule has 0 aliphatic rings. The molecule has 0 atom stereocenters. The first-order chi connectivity index (χ1) is 10.9. The van der Waals surface area contributed by atoms with E-state index < -0.39 is 10.8 Å². The van der Waals surface area contributed by atoms with E-state index >= 15 is 0 Å². The van der Waals surface area contributed by atoms with Gasteiger partial charge in [0.2, 0.25) is 0 Å². The molecule has 0 aliphatic heterocycles. The second kappa shape index (κ2) is 6.84. The SMILES string of the molecule is Cc1ccc(C(=O)NC(=S)Nc2ccccc2O)cc1[N+](=O)[O-]. The van der Waals surface area contributed by atoms with Gasteiger partial charge < -0.3 is 10.4 Å². The van der Waals surface area contributed by atoms with Gasteiger partial charge in [0.15, 0.2) is 5.11 Å². The first-order valence-corrected chi connectivity index (χ1v) is 6.94. The van der Waals surface area contributed by atoms with Crippen molar-refractivity contribution in [2.24, 2.45) is 0 Å². The molecule has 8 heteroatoms. The van der Waals surface area contributed by atoms with Gasteiger partial charge >= 0.3 is 0 Å². The van der Waals surface area contributed by atoms with Crippen LogP contribution in [0, 0.1) is 17.0 Å². The van der Waals surface area contributed by atoms with Crippen molar-refractivity contribution < 1.29 is 14.8 Å². The van der Waals surface area contributed by atoms with Crippen LogP contribution in [0.2, 0.25) is 0 Å². The monoisotopic (exact) mass is 331 g/mol. The van der Waals surface area contributed by atoms with Gasteiger partial charge in [-0.05, 0) is 37.3 Å². The minimum Gasteiger partial charge on any atom is -0.506 e. The maximum absolute atomic E-state index is 12.1. The molecule has 2 aromatic rings. The lowest BCUT2D eigenvalue weighted by Crippen LogP contribution is -2.34. The second-order valence-corrected chi connectivity index (χ2v) is 5.09. The van der Waals surface area contributed by atoms with Gasteiger partial charge in [-0.1, -0.05) is 18.2 Å². The van der Waals surface area contributed by atoms with Gasteiger partial charge in [0.1, 0.15) is 5.75 Å². The van der Waals surface area contributed by atoms with Crippen LogP contribution in [-0.2, 0) is 0 Å². The van der Waals surface area contributed by atoms with Crippen molar-refractivity contribution in [1.82, 2.24) is 5.32 Å². The van der Waals surface area contributed by atoms with Crippen molar-refractivity contribution in [1.29, 1.82) is 0 Å². The summed E-state index contributed by atoms with van der Waals surface area (Å²) in [6.07, 6.45) is 0. The molecule has 0 heterocycles. The summed E-state index contributed by atoms with van der Waals surface area (Å²) in [6, 6.07) is 10.5. The van der Waals surface area contributed by atoms with E-state index in [4.69, 9.17) is 12.2 Å². The number of para-hydroxylation sites is 2. The molecule has 0 fully saturated rings. The van der Waals surface area contributed by atoms with E-state index in [-0.39, 0.29) is 22.1 Å². The molecule has 0 saturated carbocycles. The van der Waals surface area contributed by atoms with Crippen LogP contribution in [0.4, 0.5) is 11.4 Å². The number of hydrogen-bond acceptors (Lipinski definition) is 5. The van der Waals surface area contributed by atoms with Crippen molar-refractivity contribution in [3.05, 3.63) is 63.7 Å². The van der Waals surface area contributed by atoms with E-state index in [0.29, 0.717) is 11.3 Å². The minimum absolute atomic E-state index is 0.0185. The maximum atomic E-state index is 12.1. The van der Waals surface area contributed by atoms with Gasteiger partial charge in [0.05, 0.1) is 10.6 Å². The number of anilines is 1. The molecule has 2 aromatic carbocycles. The van der Waals surface area contributed by atoms with Crippen molar-refractivity contribution in [3.63, 3.8) is 0 Å². The smallest absolute Gasteiger partial charge is 0.273 e.